The zero-order valence-electron chi connectivity index (χ0n) is 13.3. The molecule has 0 amide bonds. The molecule has 1 saturated heterocycles. The summed E-state index contributed by atoms with van der Waals surface area (Å²) in [5.41, 5.74) is 0.878. The number of aliphatic hydroxyl groups is 1. The topological polar surface area (TPSA) is 73.7 Å². The molecule has 128 valence electrons. The van der Waals surface area contributed by atoms with Crippen molar-refractivity contribution in [1.82, 2.24) is 14.2 Å². The summed E-state index contributed by atoms with van der Waals surface area (Å²) < 4.78 is 26.6. The third-order valence-corrected chi connectivity index (χ3v) is 6.10. The summed E-state index contributed by atoms with van der Waals surface area (Å²) in [7, 11) is -3.48. The molecule has 7 heteroatoms. The van der Waals surface area contributed by atoms with Crippen LogP contribution in [0, 0.1) is 0 Å². The van der Waals surface area contributed by atoms with Gasteiger partial charge in [0.05, 0.1) is 6.10 Å². The van der Waals surface area contributed by atoms with E-state index in [0.29, 0.717) is 32.7 Å². The summed E-state index contributed by atoms with van der Waals surface area (Å²) in [4.78, 5) is 6.20. The van der Waals surface area contributed by atoms with Gasteiger partial charge in [-0.05, 0) is 17.7 Å². The fourth-order valence-electron chi connectivity index (χ4n) is 2.83. The lowest BCUT2D eigenvalue weighted by Crippen LogP contribution is -2.49. The molecule has 0 saturated carbocycles. The Labute approximate surface area is 142 Å². The van der Waals surface area contributed by atoms with E-state index in [-0.39, 0.29) is 4.90 Å². The first-order valence-corrected chi connectivity index (χ1v) is 9.37. The molecule has 0 radical (unpaired) electrons. The van der Waals surface area contributed by atoms with Crippen LogP contribution in [0.25, 0.3) is 0 Å². The molecular formula is C17H21N3O3S. The number of aliphatic hydroxyl groups excluding tert-OH is 1. The zero-order valence-corrected chi connectivity index (χ0v) is 14.1. The van der Waals surface area contributed by atoms with E-state index in [1.54, 1.807) is 18.3 Å². The Morgan fingerprint density at radius 3 is 2.38 bits per heavy atom. The second-order valence-electron chi connectivity index (χ2n) is 5.82. The quantitative estimate of drug-likeness (QED) is 0.877. The van der Waals surface area contributed by atoms with Gasteiger partial charge in [-0.25, -0.2) is 8.42 Å². The number of aromatic nitrogens is 1. The molecule has 3 rings (SSSR count). The second-order valence-corrected chi connectivity index (χ2v) is 7.76. The highest BCUT2D eigenvalue weighted by Gasteiger charge is 2.29. The maximum Gasteiger partial charge on any atom is 0.244 e. The third kappa shape index (κ3) is 3.81. The summed E-state index contributed by atoms with van der Waals surface area (Å²) in [6, 6.07) is 12.7. The lowest BCUT2D eigenvalue weighted by atomic mass is 10.1. The summed E-state index contributed by atoms with van der Waals surface area (Å²) in [5, 5.41) is 10.3. The Hall–Kier alpha value is -1.80. The fourth-order valence-corrected chi connectivity index (χ4v) is 4.21. The van der Waals surface area contributed by atoms with E-state index in [2.05, 4.69) is 9.88 Å². The van der Waals surface area contributed by atoms with E-state index in [4.69, 9.17) is 0 Å². The van der Waals surface area contributed by atoms with Gasteiger partial charge in [-0.15, -0.1) is 0 Å². The van der Waals surface area contributed by atoms with Crippen LogP contribution in [0.5, 0.6) is 0 Å². The molecule has 6 nitrogen and oxygen atoms in total. The lowest BCUT2D eigenvalue weighted by Gasteiger charge is -2.34. The Morgan fingerprint density at radius 1 is 1.04 bits per heavy atom. The number of hydrogen-bond donors (Lipinski definition) is 1. The first kappa shape index (κ1) is 17.0. The number of benzene rings is 1. The van der Waals surface area contributed by atoms with Crippen LogP contribution in [-0.2, 0) is 10.0 Å². The van der Waals surface area contributed by atoms with Crippen LogP contribution < -0.4 is 0 Å². The summed E-state index contributed by atoms with van der Waals surface area (Å²) in [6.45, 7) is 2.54. The van der Waals surface area contributed by atoms with E-state index in [1.807, 2.05) is 30.3 Å². The van der Waals surface area contributed by atoms with E-state index in [9.17, 15) is 13.5 Å². The molecular weight excluding hydrogens is 326 g/mol. The lowest BCUT2D eigenvalue weighted by molar-refractivity contribution is 0.0921. The van der Waals surface area contributed by atoms with Crippen LogP contribution in [0.1, 0.15) is 11.7 Å². The molecule has 0 unspecified atom stereocenters. The van der Waals surface area contributed by atoms with Gasteiger partial charge in [0.1, 0.15) is 4.90 Å². The highest BCUT2D eigenvalue weighted by atomic mass is 32.2. The van der Waals surface area contributed by atoms with Gasteiger partial charge in [-0.2, -0.15) is 4.31 Å². The molecule has 1 N–H and O–H groups in total. The smallest absolute Gasteiger partial charge is 0.244 e. The second kappa shape index (κ2) is 7.40. The zero-order chi connectivity index (χ0) is 17.0. The van der Waals surface area contributed by atoms with Gasteiger partial charge in [-0.1, -0.05) is 30.3 Å². The molecule has 2 heterocycles. The number of nitrogens with zero attached hydrogens (tertiary/aromatic N) is 3. The molecule has 1 aromatic heterocycles. The summed E-state index contributed by atoms with van der Waals surface area (Å²) in [5.74, 6) is 0. The molecule has 0 spiro atoms. The number of rotatable bonds is 5. The van der Waals surface area contributed by atoms with E-state index >= 15 is 0 Å². The van der Waals surface area contributed by atoms with Gasteiger partial charge in [0.25, 0.3) is 0 Å². The Bertz CT molecular complexity index is 745. The molecule has 0 aliphatic carbocycles. The van der Waals surface area contributed by atoms with Crippen molar-refractivity contribution >= 4 is 10.0 Å². The number of hydrogen-bond acceptors (Lipinski definition) is 5. The van der Waals surface area contributed by atoms with Crippen molar-refractivity contribution in [3.8, 4) is 0 Å². The molecule has 1 aromatic carbocycles. The van der Waals surface area contributed by atoms with Crippen molar-refractivity contribution in [2.24, 2.45) is 0 Å². The largest absolute Gasteiger partial charge is 0.387 e. The third-order valence-electron chi connectivity index (χ3n) is 4.22. The highest BCUT2D eigenvalue weighted by molar-refractivity contribution is 7.89. The fraction of sp³-hybridized carbons (Fsp3) is 0.353. The molecule has 24 heavy (non-hydrogen) atoms. The normalized spacial score (nSPS) is 18.4. The van der Waals surface area contributed by atoms with Crippen molar-refractivity contribution in [3.63, 3.8) is 0 Å². The van der Waals surface area contributed by atoms with Crippen molar-refractivity contribution in [2.75, 3.05) is 32.7 Å². The van der Waals surface area contributed by atoms with Gasteiger partial charge in [0, 0.05) is 45.1 Å². The molecule has 1 aliphatic heterocycles. The van der Waals surface area contributed by atoms with Crippen LogP contribution in [0.15, 0.2) is 59.8 Å². The monoisotopic (exact) mass is 347 g/mol. The Kier molecular flexibility index (Phi) is 5.25. The van der Waals surface area contributed by atoms with E-state index in [0.717, 1.165) is 5.56 Å². The van der Waals surface area contributed by atoms with Crippen LogP contribution in [0.4, 0.5) is 0 Å². The van der Waals surface area contributed by atoms with Gasteiger partial charge in [-0.3, -0.25) is 9.88 Å². The molecule has 1 fully saturated rings. The van der Waals surface area contributed by atoms with Crippen LogP contribution in [0.2, 0.25) is 0 Å². The summed E-state index contributed by atoms with van der Waals surface area (Å²) >= 11 is 0. The maximum absolute atomic E-state index is 12.6. The van der Waals surface area contributed by atoms with E-state index in [1.165, 1.54) is 10.5 Å². The van der Waals surface area contributed by atoms with Crippen LogP contribution in [0.3, 0.4) is 0 Å². The van der Waals surface area contributed by atoms with Crippen molar-refractivity contribution in [2.45, 2.75) is 11.0 Å². The highest BCUT2D eigenvalue weighted by Crippen LogP contribution is 2.19. The molecule has 2 aromatic rings. The molecule has 0 bridgehead atoms. The minimum absolute atomic E-state index is 0.225. The predicted molar refractivity (Wildman–Crippen MR) is 90.8 cm³/mol. The number of pyridine rings is 1. The van der Waals surface area contributed by atoms with Crippen molar-refractivity contribution in [3.05, 3.63) is 60.4 Å². The van der Waals surface area contributed by atoms with E-state index < -0.39 is 16.1 Å². The average Bonchev–Trinajstić information content (AvgIpc) is 2.63. The minimum Gasteiger partial charge on any atom is -0.387 e. The number of piperazine rings is 1. The van der Waals surface area contributed by atoms with Gasteiger partial charge in [0.15, 0.2) is 0 Å². The van der Waals surface area contributed by atoms with Gasteiger partial charge >= 0.3 is 0 Å². The van der Waals surface area contributed by atoms with Gasteiger partial charge in [0.2, 0.25) is 10.0 Å². The Balaban J connectivity index is 1.58. The molecule has 1 aliphatic rings. The average molecular weight is 347 g/mol. The standard InChI is InChI=1S/C17H21N3O3S/c21-17(15-5-2-1-3-6-15)14-19-9-11-20(12-10-19)24(22,23)16-7-4-8-18-13-16/h1-8,13,17,21H,9-12,14H2/t17-/m1/s1. The first-order valence-electron chi connectivity index (χ1n) is 7.93. The molecule has 1 atom stereocenters. The number of β-amino-alcohol motifs (C(OH)–C–C–N with tert-alkyl or cyclic N) is 1. The maximum atomic E-state index is 12.6. The Morgan fingerprint density at radius 2 is 1.75 bits per heavy atom. The van der Waals surface area contributed by atoms with Crippen molar-refractivity contribution in [1.29, 1.82) is 0 Å². The van der Waals surface area contributed by atoms with Gasteiger partial charge < -0.3 is 5.11 Å². The van der Waals surface area contributed by atoms with Crippen LogP contribution >= 0.6 is 0 Å². The minimum atomic E-state index is -3.48. The van der Waals surface area contributed by atoms with Crippen LogP contribution in [-0.4, -0.2) is 60.4 Å². The first-order chi connectivity index (χ1) is 11.6. The SMILES string of the molecule is O=S(=O)(c1cccnc1)N1CCN(C[C@@H](O)c2ccccc2)CC1. The predicted octanol–water partition coefficient (Wildman–Crippen LogP) is 1.12. The number of sulfonamides is 1. The summed E-state index contributed by atoms with van der Waals surface area (Å²) in [6.07, 6.45) is 2.37. The van der Waals surface area contributed by atoms with Crippen molar-refractivity contribution < 1.29 is 13.5 Å².